The number of anilines is 2. The van der Waals surface area contributed by atoms with Gasteiger partial charge in [0.15, 0.2) is 0 Å². The highest BCUT2D eigenvalue weighted by Crippen LogP contribution is 2.42. The Bertz CT molecular complexity index is 954. The molecule has 0 bridgehead atoms. The lowest BCUT2D eigenvalue weighted by atomic mass is 9.76. The summed E-state index contributed by atoms with van der Waals surface area (Å²) in [4.78, 5) is 39.7. The van der Waals surface area contributed by atoms with Crippen molar-refractivity contribution in [2.24, 2.45) is 17.8 Å². The number of amides is 3. The molecule has 6 nitrogen and oxygen atoms in total. The topological polar surface area (TPSA) is 75.7 Å². The Morgan fingerprint density at radius 1 is 1.03 bits per heavy atom. The average molecular weight is 392 g/mol. The van der Waals surface area contributed by atoms with E-state index >= 15 is 0 Å². The first-order valence-corrected chi connectivity index (χ1v) is 9.91. The first kappa shape index (κ1) is 19.2. The van der Waals surface area contributed by atoms with Crippen LogP contribution in [-0.2, 0) is 9.59 Å². The van der Waals surface area contributed by atoms with Crippen LogP contribution in [0.5, 0.6) is 5.75 Å². The second-order valence-corrected chi connectivity index (χ2v) is 7.88. The third-order valence-corrected chi connectivity index (χ3v) is 5.90. The zero-order valence-corrected chi connectivity index (χ0v) is 16.6. The van der Waals surface area contributed by atoms with E-state index in [4.69, 9.17) is 4.74 Å². The summed E-state index contributed by atoms with van der Waals surface area (Å²) in [6, 6.07) is 13.7. The molecule has 0 aromatic heterocycles. The SMILES string of the molecule is COc1ccc(NC(=O)c2cccc(N3C(=O)[C@@H]4CC[C@@H](C)C[C@H]4C3=O)c2)cc1. The number of benzene rings is 2. The van der Waals surface area contributed by atoms with Crippen LogP contribution in [0.15, 0.2) is 48.5 Å². The Morgan fingerprint density at radius 2 is 1.76 bits per heavy atom. The van der Waals surface area contributed by atoms with Crippen LogP contribution >= 0.6 is 0 Å². The zero-order valence-electron chi connectivity index (χ0n) is 16.6. The maximum atomic E-state index is 12.9. The zero-order chi connectivity index (χ0) is 20.5. The van der Waals surface area contributed by atoms with Crippen LogP contribution in [0.3, 0.4) is 0 Å². The molecule has 1 saturated carbocycles. The molecule has 2 aliphatic rings. The summed E-state index contributed by atoms with van der Waals surface area (Å²) in [7, 11) is 1.58. The lowest BCUT2D eigenvalue weighted by Gasteiger charge is -2.25. The van der Waals surface area contributed by atoms with Crippen LogP contribution < -0.4 is 15.0 Å². The first-order chi connectivity index (χ1) is 14.0. The van der Waals surface area contributed by atoms with Gasteiger partial charge in [0.25, 0.3) is 5.91 Å². The molecule has 150 valence electrons. The second-order valence-electron chi connectivity index (χ2n) is 7.88. The van der Waals surface area contributed by atoms with E-state index < -0.39 is 0 Å². The van der Waals surface area contributed by atoms with Crippen LogP contribution in [0.2, 0.25) is 0 Å². The van der Waals surface area contributed by atoms with E-state index in [-0.39, 0.29) is 29.6 Å². The van der Waals surface area contributed by atoms with Gasteiger partial charge in [-0.25, -0.2) is 0 Å². The van der Waals surface area contributed by atoms with E-state index in [0.29, 0.717) is 28.6 Å². The number of methoxy groups -OCH3 is 1. The molecule has 3 amide bonds. The molecular weight excluding hydrogens is 368 g/mol. The third kappa shape index (κ3) is 3.62. The minimum Gasteiger partial charge on any atom is -0.497 e. The average Bonchev–Trinajstić information content (AvgIpc) is 2.98. The molecule has 1 heterocycles. The lowest BCUT2D eigenvalue weighted by Crippen LogP contribution is -2.31. The van der Waals surface area contributed by atoms with Gasteiger partial charge in [-0.05, 0) is 67.6 Å². The summed E-state index contributed by atoms with van der Waals surface area (Å²) >= 11 is 0. The fourth-order valence-corrected chi connectivity index (χ4v) is 4.31. The molecule has 0 radical (unpaired) electrons. The Balaban J connectivity index is 1.54. The standard InChI is InChI=1S/C23H24N2O4/c1-14-6-11-19-20(12-14)23(28)25(22(19)27)17-5-3-4-15(13-17)21(26)24-16-7-9-18(29-2)10-8-16/h3-5,7-10,13-14,19-20H,6,11-12H2,1-2H3,(H,24,26)/t14-,19-,20-/m1/s1. The Morgan fingerprint density at radius 3 is 2.48 bits per heavy atom. The maximum absolute atomic E-state index is 12.9. The molecule has 29 heavy (non-hydrogen) atoms. The van der Waals surface area contributed by atoms with Gasteiger partial charge < -0.3 is 10.1 Å². The second kappa shape index (κ2) is 7.70. The summed E-state index contributed by atoms with van der Waals surface area (Å²) in [6.07, 6.45) is 2.48. The Labute approximate surface area is 169 Å². The quantitative estimate of drug-likeness (QED) is 0.802. The molecule has 0 spiro atoms. The number of ether oxygens (including phenoxy) is 1. The Hall–Kier alpha value is -3.15. The Kier molecular flexibility index (Phi) is 5.09. The van der Waals surface area contributed by atoms with E-state index in [1.54, 1.807) is 55.6 Å². The number of nitrogens with zero attached hydrogens (tertiary/aromatic N) is 1. The number of rotatable bonds is 4. The van der Waals surface area contributed by atoms with Gasteiger partial charge in [-0.1, -0.05) is 13.0 Å². The van der Waals surface area contributed by atoms with Gasteiger partial charge in [0.1, 0.15) is 5.75 Å². The molecule has 1 N–H and O–H groups in total. The highest BCUT2D eigenvalue weighted by atomic mass is 16.5. The smallest absolute Gasteiger partial charge is 0.255 e. The van der Waals surface area contributed by atoms with Crippen molar-refractivity contribution < 1.29 is 19.1 Å². The van der Waals surface area contributed by atoms with Crippen LogP contribution in [0, 0.1) is 17.8 Å². The van der Waals surface area contributed by atoms with Gasteiger partial charge in [-0.15, -0.1) is 0 Å². The minimum atomic E-state index is -0.304. The number of hydrogen-bond donors (Lipinski definition) is 1. The highest BCUT2D eigenvalue weighted by molar-refractivity contribution is 6.22. The van der Waals surface area contributed by atoms with Crippen LogP contribution in [0.25, 0.3) is 0 Å². The number of carbonyl (C=O) groups excluding carboxylic acids is 3. The van der Waals surface area contributed by atoms with Gasteiger partial charge in [0, 0.05) is 11.3 Å². The summed E-state index contributed by atoms with van der Waals surface area (Å²) in [5.74, 6) is 0.112. The highest BCUT2D eigenvalue weighted by Gasteiger charge is 2.50. The molecule has 3 atom stereocenters. The summed E-state index contributed by atoms with van der Waals surface area (Å²) < 4.78 is 5.12. The third-order valence-electron chi connectivity index (χ3n) is 5.90. The molecule has 2 fully saturated rings. The molecule has 1 aliphatic carbocycles. The van der Waals surface area contributed by atoms with Gasteiger partial charge in [0.05, 0.1) is 24.6 Å². The van der Waals surface area contributed by atoms with Crippen molar-refractivity contribution in [2.75, 3.05) is 17.3 Å². The van der Waals surface area contributed by atoms with E-state index in [9.17, 15) is 14.4 Å². The monoisotopic (exact) mass is 392 g/mol. The van der Waals surface area contributed by atoms with Crippen LogP contribution in [0.4, 0.5) is 11.4 Å². The number of nitrogens with one attached hydrogen (secondary N) is 1. The fraction of sp³-hybridized carbons (Fsp3) is 0.348. The predicted octanol–water partition coefficient (Wildman–Crippen LogP) is 3.87. The van der Waals surface area contributed by atoms with Crippen LogP contribution in [0.1, 0.15) is 36.5 Å². The molecular formula is C23H24N2O4. The van der Waals surface area contributed by atoms with Crippen molar-refractivity contribution >= 4 is 29.1 Å². The van der Waals surface area contributed by atoms with Gasteiger partial charge in [-0.3, -0.25) is 19.3 Å². The van der Waals surface area contributed by atoms with Crippen LogP contribution in [-0.4, -0.2) is 24.8 Å². The molecule has 6 heteroatoms. The minimum absolute atomic E-state index is 0.139. The first-order valence-electron chi connectivity index (χ1n) is 9.91. The summed E-state index contributed by atoms with van der Waals surface area (Å²) in [5, 5.41) is 2.82. The van der Waals surface area contributed by atoms with Crippen molar-refractivity contribution in [1.82, 2.24) is 0 Å². The molecule has 0 unspecified atom stereocenters. The van der Waals surface area contributed by atoms with E-state index in [0.717, 1.165) is 19.3 Å². The molecule has 1 aliphatic heterocycles. The van der Waals surface area contributed by atoms with Crippen molar-refractivity contribution in [3.63, 3.8) is 0 Å². The number of imide groups is 1. The molecule has 1 saturated heterocycles. The number of carbonyl (C=O) groups is 3. The van der Waals surface area contributed by atoms with Crippen molar-refractivity contribution in [2.45, 2.75) is 26.2 Å². The maximum Gasteiger partial charge on any atom is 0.255 e. The van der Waals surface area contributed by atoms with Gasteiger partial charge in [0.2, 0.25) is 11.8 Å². The summed E-state index contributed by atoms with van der Waals surface area (Å²) in [5.41, 5.74) is 1.49. The van der Waals surface area contributed by atoms with E-state index in [1.807, 2.05) is 0 Å². The lowest BCUT2D eigenvalue weighted by molar-refractivity contribution is -0.122. The molecule has 2 aromatic rings. The molecule has 2 aromatic carbocycles. The molecule has 4 rings (SSSR count). The van der Waals surface area contributed by atoms with E-state index in [1.165, 1.54) is 4.90 Å². The van der Waals surface area contributed by atoms with Crippen molar-refractivity contribution in [3.8, 4) is 5.75 Å². The summed E-state index contributed by atoms with van der Waals surface area (Å²) in [6.45, 7) is 2.13. The normalized spacial score (nSPS) is 23.7. The number of hydrogen-bond acceptors (Lipinski definition) is 4. The van der Waals surface area contributed by atoms with Gasteiger partial charge >= 0.3 is 0 Å². The van der Waals surface area contributed by atoms with Crippen molar-refractivity contribution in [1.29, 1.82) is 0 Å². The van der Waals surface area contributed by atoms with Crippen molar-refractivity contribution in [3.05, 3.63) is 54.1 Å². The predicted molar refractivity (Wildman–Crippen MR) is 110 cm³/mol. The largest absolute Gasteiger partial charge is 0.497 e. The number of fused-ring (bicyclic) bond motifs is 1. The fourth-order valence-electron chi connectivity index (χ4n) is 4.31. The van der Waals surface area contributed by atoms with E-state index in [2.05, 4.69) is 12.2 Å². The van der Waals surface area contributed by atoms with Gasteiger partial charge in [-0.2, -0.15) is 0 Å².